The summed E-state index contributed by atoms with van der Waals surface area (Å²) in [4.78, 5) is 36.4. The van der Waals surface area contributed by atoms with E-state index in [-0.39, 0.29) is 30.7 Å². The highest BCUT2D eigenvalue weighted by Gasteiger charge is 2.13. The molecule has 0 bridgehead atoms. The number of amides is 2. The molecule has 7 nitrogen and oxygen atoms in total. The molecule has 2 amide bonds. The van der Waals surface area contributed by atoms with Crippen LogP contribution in [0.15, 0.2) is 36.5 Å². The number of nitrogens with zero attached hydrogens (tertiary/aromatic N) is 1. The SMILES string of the molecule is COC(=O)CCNC(=O)c1cc2cc(NC(=O)c3cc(C)cn3C)ccc2s1. The number of hydrogen-bond acceptors (Lipinski definition) is 5. The Kier molecular flexibility index (Phi) is 5.79. The summed E-state index contributed by atoms with van der Waals surface area (Å²) in [5.41, 5.74) is 2.25. The molecule has 0 saturated carbocycles. The molecule has 3 aromatic rings. The molecule has 0 aliphatic rings. The quantitative estimate of drug-likeness (QED) is 0.624. The summed E-state index contributed by atoms with van der Waals surface area (Å²) < 4.78 is 7.27. The van der Waals surface area contributed by atoms with Gasteiger partial charge in [-0.05, 0) is 48.2 Å². The molecule has 146 valence electrons. The van der Waals surface area contributed by atoms with E-state index < -0.39 is 0 Å². The third-order valence-electron chi connectivity index (χ3n) is 4.21. The number of anilines is 1. The van der Waals surface area contributed by atoms with Crippen molar-refractivity contribution in [3.8, 4) is 0 Å². The molecule has 0 unspecified atom stereocenters. The first kappa shape index (κ1) is 19.6. The molecule has 0 fully saturated rings. The Labute approximate surface area is 166 Å². The Bertz CT molecular complexity index is 1050. The predicted octanol–water partition coefficient (Wildman–Crippen LogP) is 3.09. The van der Waals surface area contributed by atoms with Crippen LogP contribution in [0.2, 0.25) is 0 Å². The van der Waals surface area contributed by atoms with Gasteiger partial charge < -0.3 is 19.9 Å². The van der Waals surface area contributed by atoms with Crippen LogP contribution in [-0.4, -0.2) is 36.0 Å². The Hall–Kier alpha value is -3.13. The summed E-state index contributed by atoms with van der Waals surface area (Å²) in [6, 6.07) is 9.12. The van der Waals surface area contributed by atoms with Crippen molar-refractivity contribution in [3.05, 3.63) is 52.7 Å². The van der Waals surface area contributed by atoms with Crippen LogP contribution >= 0.6 is 11.3 Å². The molecular formula is C20H21N3O4S. The molecule has 8 heteroatoms. The maximum atomic E-state index is 12.5. The summed E-state index contributed by atoms with van der Waals surface area (Å²) in [6.45, 7) is 2.16. The summed E-state index contributed by atoms with van der Waals surface area (Å²) in [7, 11) is 3.14. The summed E-state index contributed by atoms with van der Waals surface area (Å²) in [5, 5.41) is 6.45. The molecule has 0 atom stereocenters. The van der Waals surface area contributed by atoms with Gasteiger partial charge in [-0.15, -0.1) is 11.3 Å². The highest BCUT2D eigenvalue weighted by molar-refractivity contribution is 7.20. The minimum atomic E-state index is -0.370. The average molecular weight is 399 g/mol. The zero-order valence-electron chi connectivity index (χ0n) is 15.9. The van der Waals surface area contributed by atoms with E-state index in [9.17, 15) is 14.4 Å². The van der Waals surface area contributed by atoms with Gasteiger partial charge in [-0.2, -0.15) is 0 Å². The zero-order chi connectivity index (χ0) is 20.3. The third-order valence-corrected chi connectivity index (χ3v) is 5.33. The Balaban J connectivity index is 1.70. The van der Waals surface area contributed by atoms with Gasteiger partial charge in [0.2, 0.25) is 0 Å². The molecule has 2 N–H and O–H groups in total. The predicted molar refractivity (Wildman–Crippen MR) is 109 cm³/mol. The first-order valence-electron chi connectivity index (χ1n) is 8.70. The second-order valence-electron chi connectivity index (χ2n) is 6.41. The third kappa shape index (κ3) is 4.40. The van der Waals surface area contributed by atoms with Gasteiger partial charge in [0.1, 0.15) is 5.69 Å². The Morgan fingerprint density at radius 2 is 1.93 bits per heavy atom. The van der Waals surface area contributed by atoms with Crippen LogP contribution in [0.1, 0.15) is 32.1 Å². The monoisotopic (exact) mass is 399 g/mol. The molecular weight excluding hydrogens is 378 g/mol. The second kappa shape index (κ2) is 8.26. The molecule has 0 aliphatic carbocycles. The number of nitrogens with one attached hydrogen (secondary N) is 2. The maximum absolute atomic E-state index is 12.5. The second-order valence-corrected chi connectivity index (χ2v) is 7.50. The number of benzene rings is 1. The maximum Gasteiger partial charge on any atom is 0.307 e. The summed E-state index contributed by atoms with van der Waals surface area (Å²) in [6.07, 6.45) is 2.02. The minimum Gasteiger partial charge on any atom is -0.469 e. The van der Waals surface area contributed by atoms with E-state index in [1.807, 2.05) is 44.4 Å². The van der Waals surface area contributed by atoms with Crippen molar-refractivity contribution >= 4 is 44.9 Å². The van der Waals surface area contributed by atoms with Crippen molar-refractivity contribution in [1.29, 1.82) is 0 Å². The molecule has 2 aromatic heterocycles. The van der Waals surface area contributed by atoms with Crippen LogP contribution in [0.25, 0.3) is 10.1 Å². The fraction of sp³-hybridized carbons (Fsp3) is 0.250. The Morgan fingerprint density at radius 3 is 2.61 bits per heavy atom. The van der Waals surface area contributed by atoms with E-state index in [1.54, 1.807) is 10.6 Å². The number of rotatable bonds is 6. The first-order chi connectivity index (χ1) is 13.4. The number of methoxy groups -OCH3 is 1. The van der Waals surface area contributed by atoms with E-state index in [1.165, 1.54) is 18.4 Å². The zero-order valence-corrected chi connectivity index (χ0v) is 16.7. The standard InChI is InChI=1S/C20H21N3O4S/c1-12-8-15(23(2)11-12)19(25)22-14-4-5-16-13(9-14)10-17(28-16)20(26)21-7-6-18(24)27-3/h4-5,8-11H,6-7H2,1-3H3,(H,21,26)(H,22,25). The first-order valence-corrected chi connectivity index (χ1v) is 9.52. The molecule has 0 spiro atoms. The molecule has 2 heterocycles. The number of esters is 1. The van der Waals surface area contributed by atoms with E-state index >= 15 is 0 Å². The van der Waals surface area contributed by atoms with Crippen LogP contribution < -0.4 is 10.6 Å². The van der Waals surface area contributed by atoms with Crippen molar-refractivity contribution < 1.29 is 19.1 Å². The van der Waals surface area contributed by atoms with Gasteiger partial charge in [-0.1, -0.05) is 0 Å². The number of carbonyl (C=O) groups excluding carboxylic acids is 3. The molecule has 3 rings (SSSR count). The van der Waals surface area contributed by atoms with Crippen molar-refractivity contribution in [2.75, 3.05) is 19.0 Å². The number of thiophene rings is 1. The minimum absolute atomic E-state index is 0.127. The van der Waals surface area contributed by atoms with E-state index in [0.29, 0.717) is 16.3 Å². The fourth-order valence-electron chi connectivity index (χ4n) is 2.85. The van der Waals surface area contributed by atoms with Gasteiger partial charge in [0, 0.05) is 30.2 Å². The number of hydrogen-bond donors (Lipinski definition) is 2. The van der Waals surface area contributed by atoms with Crippen LogP contribution in [0, 0.1) is 6.92 Å². The lowest BCUT2D eigenvalue weighted by Gasteiger charge is -2.06. The summed E-state index contributed by atoms with van der Waals surface area (Å²) in [5.74, 6) is -0.800. The number of ether oxygens (including phenoxy) is 1. The van der Waals surface area contributed by atoms with Crippen LogP contribution in [-0.2, 0) is 16.6 Å². The smallest absolute Gasteiger partial charge is 0.307 e. The van der Waals surface area contributed by atoms with Gasteiger partial charge in [-0.25, -0.2) is 0 Å². The lowest BCUT2D eigenvalue weighted by molar-refractivity contribution is -0.140. The lowest BCUT2D eigenvalue weighted by atomic mass is 10.2. The highest BCUT2D eigenvalue weighted by atomic mass is 32.1. The van der Waals surface area contributed by atoms with Crippen LogP contribution in [0.4, 0.5) is 5.69 Å². The molecule has 0 radical (unpaired) electrons. The van der Waals surface area contributed by atoms with Crippen LogP contribution in [0.3, 0.4) is 0 Å². The number of aryl methyl sites for hydroxylation is 2. The van der Waals surface area contributed by atoms with Crippen molar-refractivity contribution in [1.82, 2.24) is 9.88 Å². The van der Waals surface area contributed by atoms with Crippen LogP contribution in [0.5, 0.6) is 0 Å². The van der Waals surface area contributed by atoms with Gasteiger partial charge in [0.25, 0.3) is 11.8 Å². The topological polar surface area (TPSA) is 89.4 Å². The highest BCUT2D eigenvalue weighted by Crippen LogP contribution is 2.28. The van der Waals surface area contributed by atoms with Crippen molar-refractivity contribution in [2.45, 2.75) is 13.3 Å². The van der Waals surface area contributed by atoms with Gasteiger partial charge in [0.15, 0.2) is 0 Å². The van der Waals surface area contributed by atoms with Crippen molar-refractivity contribution in [2.24, 2.45) is 7.05 Å². The average Bonchev–Trinajstić information content (AvgIpc) is 3.23. The molecule has 28 heavy (non-hydrogen) atoms. The van der Waals surface area contributed by atoms with Gasteiger partial charge >= 0.3 is 5.97 Å². The normalized spacial score (nSPS) is 10.7. The largest absolute Gasteiger partial charge is 0.469 e. The van der Waals surface area contributed by atoms with Gasteiger partial charge in [-0.3, -0.25) is 14.4 Å². The molecule has 0 saturated heterocycles. The Morgan fingerprint density at radius 1 is 1.14 bits per heavy atom. The van der Waals surface area contributed by atoms with E-state index in [0.717, 1.165) is 15.6 Å². The molecule has 1 aromatic carbocycles. The molecule has 0 aliphatic heterocycles. The van der Waals surface area contributed by atoms with E-state index in [2.05, 4.69) is 15.4 Å². The van der Waals surface area contributed by atoms with E-state index in [4.69, 9.17) is 0 Å². The number of aromatic nitrogens is 1. The van der Waals surface area contributed by atoms with Crippen molar-refractivity contribution in [3.63, 3.8) is 0 Å². The van der Waals surface area contributed by atoms with Gasteiger partial charge in [0.05, 0.1) is 18.4 Å². The fourth-order valence-corrected chi connectivity index (χ4v) is 3.81. The lowest BCUT2D eigenvalue weighted by Crippen LogP contribution is -2.25. The summed E-state index contributed by atoms with van der Waals surface area (Å²) >= 11 is 1.35. The number of fused-ring (bicyclic) bond motifs is 1. The number of carbonyl (C=O) groups is 3.